The Balaban J connectivity index is 0.00000162. The number of hydrogen-bond donors (Lipinski definition) is 2. The summed E-state index contributed by atoms with van der Waals surface area (Å²) in [5.74, 6) is -0.470. The van der Waals surface area contributed by atoms with Gasteiger partial charge in [-0.1, -0.05) is 0 Å². The van der Waals surface area contributed by atoms with Gasteiger partial charge in [-0.2, -0.15) is 21.8 Å². The summed E-state index contributed by atoms with van der Waals surface area (Å²) in [4.78, 5) is 21.4. The van der Waals surface area contributed by atoms with E-state index in [2.05, 4.69) is 20.7 Å². The Kier molecular flexibility index (Phi) is 3.92. The third kappa shape index (κ3) is 2.57. The van der Waals surface area contributed by atoms with E-state index in [1.807, 2.05) is 0 Å². The first kappa shape index (κ1) is 12.6. The number of fused-ring (bicyclic) bond motifs is 1. The quantitative estimate of drug-likeness (QED) is 0.256. The van der Waals surface area contributed by atoms with Gasteiger partial charge in [-0.3, -0.25) is 0 Å². The van der Waals surface area contributed by atoms with Crippen LogP contribution in [0.3, 0.4) is 0 Å². The van der Waals surface area contributed by atoms with E-state index in [4.69, 9.17) is 4.74 Å². The van der Waals surface area contributed by atoms with Crippen LogP contribution >= 0.6 is 0 Å². The standard InChI is InChI=1S/C10H9N4O3.Rf/c15-6-11-3-4-17-10(16)7-1-2-8-9(5-7)13-14-12-8;/h1-2,5H,3-4H2,(H,11,15)(H,12,13,14);/q-1;. The maximum Gasteiger partial charge on any atom is 0.338 e. The van der Waals surface area contributed by atoms with Crippen LogP contribution in [0.15, 0.2) is 18.2 Å². The average Bonchev–Trinajstić information content (AvgIpc) is 2.81. The number of hydrogen-bond acceptors (Lipinski definition) is 5. The molecule has 0 aliphatic heterocycles. The van der Waals surface area contributed by atoms with Crippen LogP contribution < -0.4 is 5.32 Å². The van der Waals surface area contributed by atoms with Crippen molar-refractivity contribution in [2.75, 3.05) is 13.2 Å². The molecule has 90 valence electrons. The van der Waals surface area contributed by atoms with Crippen LogP contribution in [0.5, 0.6) is 0 Å². The van der Waals surface area contributed by atoms with Crippen LogP contribution in [0.25, 0.3) is 11.0 Å². The summed E-state index contributed by atoms with van der Waals surface area (Å²) in [7, 11) is 0. The van der Waals surface area contributed by atoms with Crippen LogP contribution in [0, 0.1) is 0 Å². The monoisotopic (exact) mass is 500 g/mol. The third-order valence-corrected chi connectivity index (χ3v) is 2.08. The molecule has 0 atom stereocenters. The fraction of sp³-hybridized carbons (Fsp3) is 0.200. The second kappa shape index (κ2) is 5.59. The second-order valence-corrected chi connectivity index (χ2v) is 3.19. The van der Waals surface area contributed by atoms with E-state index in [1.54, 1.807) is 18.2 Å². The Labute approximate surface area is 96.1 Å². The Hall–Kier alpha value is -3.44. The number of H-pyrrole nitrogens is 1. The molecule has 2 N–H and O–H groups in total. The molecule has 8 heteroatoms. The number of carbonyl (C=O) groups is 1. The van der Waals surface area contributed by atoms with Crippen molar-refractivity contribution >= 4 is 23.4 Å². The van der Waals surface area contributed by atoms with E-state index in [0.717, 1.165) is 0 Å². The minimum atomic E-state index is -0.470. The molecular weight excluding hydrogens is 491 g/mol. The van der Waals surface area contributed by atoms with Gasteiger partial charge < -0.3 is 14.8 Å². The molecule has 0 spiro atoms. The molecule has 2 aromatic rings. The fourth-order valence-corrected chi connectivity index (χ4v) is 1.30. The van der Waals surface area contributed by atoms with E-state index < -0.39 is 5.97 Å². The number of nitrogens with one attached hydrogen (secondary N) is 2. The van der Waals surface area contributed by atoms with Crippen molar-refractivity contribution in [2.24, 2.45) is 0 Å². The van der Waals surface area contributed by atoms with Crippen LogP contribution in [0.2, 0.25) is 0 Å². The normalized spacial score (nSPS) is 9.56. The Morgan fingerprint density at radius 2 is 2.17 bits per heavy atom. The minimum Gasteiger partial charge on any atom is -0.527 e. The Bertz CT molecular complexity index is 543. The first-order chi connectivity index (χ1) is 8.31. The van der Waals surface area contributed by atoms with Crippen molar-refractivity contribution in [3.05, 3.63) is 23.8 Å². The number of benzene rings is 1. The van der Waals surface area contributed by atoms with E-state index >= 15 is 0 Å². The van der Waals surface area contributed by atoms with Crippen molar-refractivity contribution in [3.63, 3.8) is 0 Å². The van der Waals surface area contributed by atoms with Crippen molar-refractivity contribution in [1.82, 2.24) is 20.7 Å². The average molecular weight is 500 g/mol. The smallest absolute Gasteiger partial charge is 0.338 e. The van der Waals surface area contributed by atoms with E-state index in [9.17, 15) is 9.59 Å². The molecule has 1 heterocycles. The van der Waals surface area contributed by atoms with Gasteiger partial charge in [0.15, 0.2) is 0 Å². The van der Waals surface area contributed by atoms with Gasteiger partial charge in [-0.15, -0.1) is 0 Å². The number of amides is 1. The van der Waals surface area contributed by atoms with Gasteiger partial charge in [-0.25, -0.2) is 4.79 Å². The summed E-state index contributed by atoms with van der Waals surface area (Å²) >= 11 is 0. The van der Waals surface area contributed by atoms with Gasteiger partial charge in [0.25, 0.3) is 0 Å². The summed E-state index contributed by atoms with van der Waals surface area (Å²) < 4.78 is 4.92. The molecule has 0 unspecified atom stereocenters. The number of rotatable bonds is 5. The van der Waals surface area contributed by atoms with Crippen LogP contribution in [-0.2, 0) is 9.53 Å². The van der Waals surface area contributed by atoms with Crippen molar-refractivity contribution < 1.29 is 14.3 Å². The van der Waals surface area contributed by atoms with Gasteiger partial charge in [0.05, 0.1) is 5.56 Å². The van der Waals surface area contributed by atoms with E-state index in [1.165, 1.54) is 6.41 Å². The molecule has 0 saturated heterocycles. The zero-order valence-corrected chi connectivity index (χ0v) is 15.9. The van der Waals surface area contributed by atoms with Gasteiger partial charge >= 0.3 is 5.97 Å². The zero-order valence-electron chi connectivity index (χ0n) is 9.47. The molecule has 1 aromatic heterocycles. The van der Waals surface area contributed by atoms with E-state index in [0.29, 0.717) is 16.6 Å². The summed E-state index contributed by atoms with van der Waals surface area (Å²) in [5, 5.41) is 12.5. The van der Waals surface area contributed by atoms with Crippen LogP contribution in [0.1, 0.15) is 10.4 Å². The Morgan fingerprint density at radius 3 is 2.94 bits per heavy atom. The van der Waals surface area contributed by atoms with Crippen molar-refractivity contribution in [3.8, 4) is 0 Å². The molecule has 2 rings (SSSR count). The van der Waals surface area contributed by atoms with Gasteiger partial charge in [0.2, 0.25) is 0 Å². The predicted octanol–water partition coefficient (Wildman–Crippen LogP) is -0.229. The topological polar surface area (TPSA) is 97.0 Å². The number of nitrogens with zero attached hydrogens (tertiary/aromatic N) is 2. The molecule has 0 aliphatic carbocycles. The second-order valence-electron chi connectivity index (χ2n) is 3.19. The fourth-order valence-electron chi connectivity index (χ4n) is 1.30. The molecule has 0 aliphatic rings. The van der Waals surface area contributed by atoms with E-state index in [-0.39, 0.29) is 13.2 Å². The van der Waals surface area contributed by atoms with Gasteiger partial charge in [0, 0.05) is 6.54 Å². The third-order valence-electron chi connectivity index (χ3n) is 2.08. The molecule has 1 amide bonds. The molecule has 1 aromatic carbocycles. The summed E-state index contributed by atoms with van der Waals surface area (Å²) in [6, 6.07) is 4.86. The summed E-state index contributed by atoms with van der Waals surface area (Å²) in [6.07, 6.45) is 1.49. The number of ether oxygens (including phenoxy) is 1. The summed E-state index contributed by atoms with van der Waals surface area (Å²) in [5.41, 5.74) is 1.67. The van der Waals surface area contributed by atoms with Crippen LogP contribution in [-0.4, -0.2) is 40.9 Å². The van der Waals surface area contributed by atoms with Gasteiger partial charge in [-0.05, 0) is 18.2 Å². The summed E-state index contributed by atoms with van der Waals surface area (Å²) in [6.45, 7) is 0.340. The first-order valence-corrected chi connectivity index (χ1v) is 4.89. The molecule has 18 heavy (non-hydrogen) atoms. The maximum absolute atomic E-state index is 11.6. The molecule has 0 bridgehead atoms. The molecule has 0 fully saturated rings. The number of aromatic amines is 1. The molecule has 0 radical (unpaired) electrons. The SMILES string of the molecule is O=[C-]NCCOC(=O)c1ccc2n[nH]nc2c1.[Rf]. The first-order valence-electron chi connectivity index (χ1n) is 4.89. The number of esters is 1. The molecular formula is C10H9N4O3Rf-. The number of carbonyl (C=O) groups excluding carboxylic acids is 2. The van der Waals surface area contributed by atoms with Crippen molar-refractivity contribution in [2.45, 2.75) is 0 Å². The zero-order chi connectivity index (χ0) is 12.1. The van der Waals surface area contributed by atoms with Crippen LogP contribution in [0.4, 0.5) is 0 Å². The molecule has 7 nitrogen and oxygen atoms in total. The largest absolute Gasteiger partial charge is 0.527 e. The Morgan fingerprint density at radius 1 is 1.39 bits per heavy atom. The predicted molar refractivity (Wildman–Crippen MR) is 57.9 cm³/mol. The van der Waals surface area contributed by atoms with Crippen molar-refractivity contribution in [1.29, 1.82) is 0 Å². The minimum absolute atomic E-state index is 0. The maximum atomic E-state index is 11.6. The number of aromatic nitrogens is 3. The molecule has 0 saturated carbocycles. The van der Waals surface area contributed by atoms with Gasteiger partial charge in [0.1, 0.15) is 17.6 Å².